The first-order valence-corrected chi connectivity index (χ1v) is 12.2. The number of sulfonamides is 1. The van der Waals surface area contributed by atoms with Crippen molar-refractivity contribution in [2.75, 3.05) is 26.2 Å². The highest BCUT2D eigenvalue weighted by Crippen LogP contribution is 2.28. The van der Waals surface area contributed by atoms with E-state index >= 15 is 0 Å². The Morgan fingerprint density at radius 1 is 0.844 bits per heavy atom. The molecule has 4 aromatic rings. The largest absolute Gasteiger partial charge is 0.336 e. The third-order valence-corrected chi connectivity index (χ3v) is 7.81. The van der Waals surface area contributed by atoms with E-state index < -0.39 is 10.0 Å². The number of hydrogen-bond donors (Lipinski definition) is 0. The predicted octanol–water partition coefficient (Wildman–Crippen LogP) is 3.68. The number of pyridine rings is 1. The molecular formula is C25H23N3O3S. The Labute approximate surface area is 187 Å². The molecule has 1 saturated heterocycles. The Kier molecular flexibility index (Phi) is 5.36. The fourth-order valence-corrected chi connectivity index (χ4v) is 5.82. The van der Waals surface area contributed by atoms with Crippen molar-refractivity contribution in [1.82, 2.24) is 14.2 Å². The molecule has 0 radical (unpaired) electrons. The molecule has 0 unspecified atom stereocenters. The van der Waals surface area contributed by atoms with Gasteiger partial charge in [0, 0.05) is 37.8 Å². The van der Waals surface area contributed by atoms with Gasteiger partial charge < -0.3 is 4.90 Å². The second-order valence-electron chi connectivity index (χ2n) is 7.98. The molecule has 0 bridgehead atoms. The van der Waals surface area contributed by atoms with Gasteiger partial charge in [-0.2, -0.15) is 4.31 Å². The number of nitrogens with zero attached hydrogens (tertiary/aromatic N) is 3. The van der Waals surface area contributed by atoms with Crippen LogP contribution >= 0.6 is 0 Å². The van der Waals surface area contributed by atoms with E-state index in [2.05, 4.69) is 4.98 Å². The van der Waals surface area contributed by atoms with Gasteiger partial charge in [-0.15, -0.1) is 0 Å². The molecule has 1 aliphatic heterocycles. The maximum Gasteiger partial charge on any atom is 0.256 e. The number of fused-ring (bicyclic) bond motifs is 3. The lowest BCUT2D eigenvalue weighted by Crippen LogP contribution is -2.50. The molecule has 2 heterocycles. The molecule has 7 heteroatoms. The summed E-state index contributed by atoms with van der Waals surface area (Å²) in [6.45, 7) is 1.29. The van der Waals surface area contributed by atoms with Crippen molar-refractivity contribution in [3.8, 4) is 0 Å². The second-order valence-corrected chi connectivity index (χ2v) is 9.95. The fraction of sp³-hybridized carbons (Fsp3) is 0.200. The Bertz CT molecular complexity index is 1400. The number of carbonyl (C=O) groups is 1. The summed E-state index contributed by atoms with van der Waals surface area (Å²) in [7, 11) is -3.43. The van der Waals surface area contributed by atoms with Crippen LogP contribution in [0.4, 0.5) is 0 Å². The average Bonchev–Trinajstić information content (AvgIpc) is 2.83. The summed E-state index contributed by atoms with van der Waals surface area (Å²) >= 11 is 0. The number of aromatic nitrogens is 1. The molecule has 0 atom stereocenters. The van der Waals surface area contributed by atoms with Gasteiger partial charge in [0.15, 0.2) is 0 Å². The molecular weight excluding hydrogens is 422 g/mol. The molecule has 32 heavy (non-hydrogen) atoms. The number of benzene rings is 3. The monoisotopic (exact) mass is 445 g/mol. The van der Waals surface area contributed by atoms with Gasteiger partial charge in [-0.1, -0.05) is 60.7 Å². The lowest BCUT2D eigenvalue weighted by molar-refractivity contribution is 0.0699. The van der Waals surface area contributed by atoms with Crippen molar-refractivity contribution in [3.63, 3.8) is 0 Å². The zero-order chi connectivity index (χ0) is 22.1. The summed E-state index contributed by atoms with van der Waals surface area (Å²) in [4.78, 5) is 19.6. The Hall–Kier alpha value is -3.29. The first-order valence-electron chi connectivity index (χ1n) is 10.6. The van der Waals surface area contributed by atoms with Crippen LogP contribution in [0.15, 0.2) is 79.0 Å². The third kappa shape index (κ3) is 3.85. The van der Waals surface area contributed by atoms with E-state index in [0.29, 0.717) is 37.3 Å². The minimum absolute atomic E-state index is 0.0268. The number of hydrogen-bond acceptors (Lipinski definition) is 4. The third-order valence-electron chi connectivity index (χ3n) is 5.96. The molecule has 1 fully saturated rings. The molecule has 162 valence electrons. The standard InChI is InChI=1S/C25H23N3O3S/c29-25(23-17-20-9-4-5-10-21(20)22-11-6-12-26-24(22)23)27-13-15-28(16-14-27)32(30,31)18-19-7-2-1-3-8-19/h1-12,17H,13-16,18H2. The van der Waals surface area contributed by atoms with Crippen LogP contribution in [0.25, 0.3) is 21.7 Å². The highest BCUT2D eigenvalue weighted by atomic mass is 32.2. The van der Waals surface area contributed by atoms with E-state index in [1.165, 1.54) is 4.31 Å². The van der Waals surface area contributed by atoms with Crippen LogP contribution in [0.5, 0.6) is 0 Å². The topological polar surface area (TPSA) is 70.6 Å². The van der Waals surface area contributed by atoms with E-state index in [-0.39, 0.29) is 11.7 Å². The molecule has 0 spiro atoms. The maximum absolute atomic E-state index is 13.4. The molecule has 1 aromatic heterocycles. The molecule has 3 aromatic carbocycles. The predicted molar refractivity (Wildman–Crippen MR) is 126 cm³/mol. The van der Waals surface area contributed by atoms with E-state index in [1.807, 2.05) is 72.8 Å². The molecule has 0 N–H and O–H groups in total. The van der Waals surface area contributed by atoms with E-state index in [0.717, 1.165) is 21.7 Å². The summed E-state index contributed by atoms with van der Waals surface area (Å²) in [5.74, 6) is -0.138. The highest BCUT2D eigenvalue weighted by molar-refractivity contribution is 7.88. The minimum Gasteiger partial charge on any atom is -0.336 e. The van der Waals surface area contributed by atoms with Crippen molar-refractivity contribution < 1.29 is 13.2 Å². The summed E-state index contributed by atoms with van der Waals surface area (Å²) in [5.41, 5.74) is 2.00. The molecule has 5 rings (SSSR count). The van der Waals surface area contributed by atoms with Gasteiger partial charge in [0.05, 0.1) is 16.8 Å². The van der Waals surface area contributed by atoms with Crippen LogP contribution in [0.3, 0.4) is 0 Å². The second kappa shape index (κ2) is 8.33. The zero-order valence-corrected chi connectivity index (χ0v) is 18.3. The summed E-state index contributed by atoms with van der Waals surface area (Å²) < 4.78 is 27.2. The summed E-state index contributed by atoms with van der Waals surface area (Å²) in [5, 5.41) is 2.99. The Balaban J connectivity index is 1.37. The lowest BCUT2D eigenvalue weighted by atomic mass is 10.00. The molecule has 0 aliphatic carbocycles. The normalized spacial score (nSPS) is 15.3. The fourth-order valence-electron chi connectivity index (χ4n) is 4.31. The van der Waals surface area contributed by atoms with Crippen LogP contribution in [0.1, 0.15) is 15.9 Å². The van der Waals surface area contributed by atoms with Gasteiger partial charge >= 0.3 is 0 Å². The quantitative estimate of drug-likeness (QED) is 0.450. The van der Waals surface area contributed by atoms with Crippen molar-refractivity contribution in [3.05, 3.63) is 90.1 Å². The Morgan fingerprint density at radius 3 is 2.31 bits per heavy atom. The first-order chi connectivity index (χ1) is 15.5. The van der Waals surface area contributed by atoms with E-state index in [4.69, 9.17) is 0 Å². The lowest BCUT2D eigenvalue weighted by Gasteiger charge is -2.34. The highest BCUT2D eigenvalue weighted by Gasteiger charge is 2.30. The van der Waals surface area contributed by atoms with Gasteiger partial charge in [-0.3, -0.25) is 9.78 Å². The van der Waals surface area contributed by atoms with Crippen LogP contribution in [0.2, 0.25) is 0 Å². The first kappa shape index (κ1) is 20.6. The van der Waals surface area contributed by atoms with Gasteiger partial charge in [-0.05, 0) is 28.5 Å². The molecule has 0 saturated carbocycles. The zero-order valence-electron chi connectivity index (χ0n) is 17.5. The number of piperazine rings is 1. The van der Waals surface area contributed by atoms with Gasteiger partial charge in [-0.25, -0.2) is 8.42 Å². The van der Waals surface area contributed by atoms with Gasteiger partial charge in [0.1, 0.15) is 0 Å². The number of amides is 1. The molecule has 1 amide bonds. The van der Waals surface area contributed by atoms with Gasteiger partial charge in [0.2, 0.25) is 10.0 Å². The number of carbonyl (C=O) groups excluding carboxylic acids is 1. The van der Waals surface area contributed by atoms with Crippen molar-refractivity contribution in [1.29, 1.82) is 0 Å². The minimum atomic E-state index is -3.43. The Morgan fingerprint density at radius 2 is 1.53 bits per heavy atom. The van der Waals surface area contributed by atoms with Gasteiger partial charge in [0.25, 0.3) is 5.91 Å². The summed E-state index contributed by atoms with van der Waals surface area (Å²) in [6.07, 6.45) is 1.70. The summed E-state index contributed by atoms with van der Waals surface area (Å²) in [6, 6.07) is 22.9. The number of rotatable bonds is 4. The maximum atomic E-state index is 13.4. The van der Waals surface area contributed by atoms with Crippen molar-refractivity contribution in [2.45, 2.75) is 5.75 Å². The average molecular weight is 446 g/mol. The van der Waals surface area contributed by atoms with Crippen molar-refractivity contribution in [2.24, 2.45) is 0 Å². The van der Waals surface area contributed by atoms with E-state index in [1.54, 1.807) is 11.1 Å². The van der Waals surface area contributed by atoms with Crippen molar-refractivity contribution >= 4 is 37.6 Å². The van der Waals surface area contributed by atoms with Crippen LogP contribution in [0, 0.1) is 0 Å². The van der Waals surface area contributed by atoms with Crippen LogP contribution in [-0.2, 0) is 15.8 Å². The van der Waals surface area contributed by atoms with Crippen LogP contribution in [-0.4, -0.2) is 54.7 Å². The molecule has 6 nitrogen and oxygen atoms in total. The van der Waals surface area contributed by atoms with E-state index in [9.17, 15) is 13.2 Å². The smallest absolute Gasteiger partial charge is 0.256 e. The molecule has 1 aliphatic rings. The SMILES string of the molecule is O=C(c1cc2ccccc2c2cccnc12)N1CCN(S(=O)(=O)Cc2ccccc2)CC1. The van der Waals surface area contributed by atoms with Crippen LogP contribution < -0.4 is 0 Å².